The lowest BCUT2D eigenvalue weighted by molar-refractivity contribution is 0.0988. The van der Waals surface area contributed by atoms with Gasteiger partial charge in [-0.05, 0) is 29.8 Å². The lowest BCUT2D eigenvalue weighted by Crippen LogP contribution is -2.31. The van der Waals surface area contributed by atoms with E-state index in [2.05, 4.69) is 0 Å². The molecule has 1 amide bonds. The highest BCUT2D eigenvalue weighted by Crippen LogP contribution is 2.34. The van der Waals surface area contributed by atoms with Crippen molar-refractivity contribution in [3.63, 3.8) is 0 Å². The van der Waals surface area contributed by atoms with Crippen LogP contribution in [0.15, 0.2) is 72.8 Å². The second-order valence-corrected chi connectivity index (χ2v) is 6.71. The molecule has 4 nitrogen and oxygen atoms in total. The minimum absolute atomic E-state index is 0.0736. The van der Waals surface area contributed by atoms with Crippen LogP contribution < -0.4 is 14.4 Å². The van der Waals surface area contributed by atoms with E-state index in [0.717, 1.165) is 23.8 Å². The molecule has 0 radical (unpaired) electrons. The van der Waals surface area contributed by atoms with Crippen LogP contribution in [0.5, 0.6) is 11.5 Å². The number of carbonyl (C=O) groups excluding carboxylic acids is 1. The Morgan fingerprint density at radius 1 is 0.900 bits per heavy atom. The molecule has 30 heavy (non-hydrogen) atoms. The van der Waals surface area contributed by atoms with Gasteiger partial charge in [-0.1, -0.05) is 42.5 Å². The van der Waals surface area contributed by atoms with Crippen molar-refractivity contribution >= 4 is 17.7 Å². The Bertz CT molecular complexity index is 1060. The number of carbonyl (C=O) groups is 1. The highest BCUT2D eigenvalue weighted by atomic mass is 19.1. The number of benzene rings is 3. The van der Waals surface area contributed by atoms with Gasteiger partial charge in [-0.3, -0.25) is 4.79 Å². The van der Waals surface area contributed by atoms with Crippen molar-refractivity contribution in [1.29, 1.82) is 0 Å². The van der Waals surface area contributed by atoms with E-state index in [1.165, 1.54) is 4.90 Å². The molecule has 1 aliphatic heterocycles. The predicted molar refractivity (Wildman–Crippen MR) is 111 cm³/mol. The fourth-order valence-electron chi connectivity index (χ4n) is 3.20. The average Bonchev–Trinajstić information content (AvgIpc) is 2.76. The number of hydrogen-bond acceptors (Lipinski definition) is 3. The highest BCUT2D eigenvalue weighted by molar-refractivity contribution is 6.06. The largest absolute Gasteiger partial charge is 0.486 e. The smallest absolute Gasteiger partial charge is 0.258 e. The first-order valence-corrected chi connectivity index (χ1v) is 9.49. The lowest BCUT2D eigenvalue weighted by Gasteiger charge is -2.24. The molecule has 0 N–H and O–H groups in total. The van der Waals surface area contributed by atoms with Crippen LogP contribution in [0.2, 0.25) is 0 Å². The van der Waals surface area contributed by atoms with Gasteiger partial charge < -0.3 is 14.4 Å². The van der Waals surface area contributed by atoms with E-state index in [1.54, 1.807) is 18.2 Å². The van der Waals surface area contributed by atoms with Gasteiger partial charge in [0.1, 0.15) is 24.8 Å². The van der Waals surface area contributed by atoms with Crippen LogP contribution >= 0.6 is 0 Å². The quantitative estimate of drug-likeness (QED) is 0.591. The molecule has 0 bridgehead atoms. The number of ether oxygens (including phenoxy) is 2. The van der Waals surface area contributed by atoms with Gasteiger partial charge >= 0.3 is 0 Å². The second-order valence-electron chi connectivity index (χ2n) is 6.71. The molecule has 152 valence electrons. The summed E-state index contributed by atoms with van der Waals surface area (Å²) in [6.45, 7) is 1.07. The van der Waals surface area contributed by atoms with Gasteiger partial charge in [-0.25, -0.2) is 8.78 Å². The van der Waals surface area contributed by atoms with Crippen LogP contribution in [0, 0.1) is 11.6 Å². The van der Waals surface area contributed by atoms with Crippen molar-refractivity contribution in [3.05, 3.63) is 95.6 Å². The summed E-state index contributed by atoms with van der Waals surface area (Å²) in [6.07, 6.45) is 3.70. The number of halogens is 2. The Balaban J connectivity index is 1.67. The predicted octanol–water partition coefficient (Wildman–Crippen LogP) is 5.10. The molecule has 0 aromatic heterocycles. The van der Waals surface area contributed by atoms with Crippen molar-refractivity contribution in [2.24, 2.45) is 0 Å². The van der Waals surface area contributed by atoms with Crippen LogP contribution in [0.1, 0.15) is 15.9 Å². The van der Waals surface area contributed by atoms with E-state index in [9.17, 15) is 13.6 Å². The molecule has 6 heteroatoms. The summed E-state index contributed by atoms with van der Waals surface area (Å²) in [6, 6.07) is 17.5. The third kappa shape index (κ3) is 4.49. The number of fused-ring (bicyclic) bond motifs is 1. The molecule has 0 saturated heterocycles. The summed E-state index contributed by atoms with van der Waals surface area (Å²) in [4.78, 5) is 14.6. The molecule has 0 unspecified atom stereocenters. The fraction of sp³-hybridized carbons (Fsp3) is 0.125. The first-order valence-electron chi connectivity index (χ1n) is 9.49. The Labute approximate surface area is 173 Å². The molecule has 0 saturated carbocycles. The van der Waals surface area contributed by atoms with Crippen LogP contribution in [-0.2, 0) is 0 Å². The molecule has 0 spiro atoms. The van der Waals surface area contributed by atoms with Gasteiger partial charge in [-0.2, -0.15) is 0 Å². The number of amides is 1. The maximum Gasteiger partial charge on any atom is 0.258 e. The topological polar surface area (TPSA) is 38.8 Å². The molecular weight excluding hydrogens is 388 g/mol. The summed E-state index contributed by atoms with van der Waals surface area (Å²) in [7, 11) is 0. The number of anilines is 1. The molecule has 3 aromatic rings. The average molecular weight is 407 g/mol. The van der Waals surface area contributed by atoms with Crippen molar-refractivity contribution < 1.29 is 23.0 Å². The van der Waals surface area contributed by atoms with E-state index in [1.807, 2.05) is 42.5 Å². The molecule has 1 heterocycles. The van der Waals surface area contributed by atoms with Crippen LogP contribution in [-0.4, -0.2) is 25.7 Å². The molecule has 4 rings (SSSR count). The van der Waals surface area contributed by atoms with E-state index in [-0.39, 0.29) is 12.1 Å². The lowest BCUT2D eigenvalue weighted by atomic mass is 10.1. The van der Waals surface area contributed by atoms with Crippen LogP contribution in [0.25, 0.3) is 6.08 Å². The third-order valence-corrected chi connectivity index (χ3v) is 4.59. The highest BCUT2D eigenvalue weighted by Gasteiger charge is 2.21. The minimum Gasteiger partial charge on any atom is -0.486 e. The molecular formula is C24H19F2NO3. The van der Waals surface area contributed by atoms with Crippen molar-refractivity contribution in [2.45, 2.75) is 0 Å². The summed E-state index contributed by atoms with van der Waals surface area (Å²) in [5, 5.41) is 0. The minimum atomic E-state index is -0.805. The monoisotopic (exact) mass is 407 g/mol. The summed E-state index contributed by atoms with van der Waals surface area (Å²) < 4.78 is 38.5. The SMILES string of the molecule is O=C(c1cc(F)cc(F)c1)N(C/C=C/c1ccccc1)c1ccc2c(c1)OCCO2. The standard InChI is InChI=1S/C24H19F2NO3/c25-19-13-18(14-20(26)15-19)24(28)27(10-4-7-17-5-2-1-3-6-17)21-8-9-22-23(16-21)30-12-11-29-22/h1-9,13-16H,10-12H2/b7-4+. The zero-order chi connectivity index (χ0) is 20.9. The molecule has 3 aromatic carbocycles. The molecule has 0 fully saturated rings. The van der Waals surface area contributed by atoms with E-state index >= 15 is 0 Å². The van der Waals surface area contributed by atoms with Gasteiger partial charge in [0.15, 0.2) is 11.5 Å². The number of rotatable bonds is 5. The normalized spacial score (nSPS) is 12.7. The maximum atomic E-state index is 13.7. The Morgan fingerprint density at radius 3 is 2.33 bits per heavy atom. The first-order chi connectivity index (χ1) is 14.6. The van der Waals surface area contributed by atoms with Gasteiger partial charge in [0.2, 0.25) is 0 Å². The zero-order valence-corrected chi connectivity index (χ0v) is 16.1. The Kier molecular flexibility index (Phi) is 5.75. The first kappa shape index (κ1) is 19.6. The zero-order valence-electron chi connectivity index (χ0n) is 16.1. The van der Waals surface area contributed by atoms with E-state index in [0.29, 0.717) is 30.4 Å². The van der Waals surface area contributed by atoms with Gasteiger partial charge in [0.25, 0.3) is 5.91 Å². The van der Waals surface area contributed by atoms with Crippen molar-refractivity contribution in [1.82, 2.24) is 0 Å². The summed E-state index contributed by atoms with van der Waals surface area (Å²) in [5.74, 6) is -1.02. The molecule has 1 aliphatic rings. The summed E-state index contributed by atoms with van der Waals surface area (Å²) >= 11 is 0. The van der Waals surface area contributed by atoms with Gasteiger partial charge in [0.05, 0.1) is 0 Å². The Morgan fingerprint density at radius 2 is 1.60 bits per heavy atom. The maximum absolute atomic E-state index is 13.7. The van der Waals surface area contributed by atoms with E-state index in [4.69, 9.17) is 9.47 Å². The van der Waals surface area contributed by atoms with Crippen molar-refractivity contribution in [3.8, 4) is 11.5 Å². The number of hydrogen-bond donors (Lipinski definition) is 0. The van der Waals surface area contributed by atoms with E-state index < -0.39 is 17.5 Å². The second kappa shape index (κ2) is 8.78. The fourth-order valence-corrected chi connectivity index (χ4v) is 3.20. The van der Waals surface area contributed by atoms with Crippen LogP contribution in [0.3, 0.4) is 0 Å². The Hall–Kier alpha value is -3.67. The van der Waals surface area contributed by atoms with Gasteiger partial charge in [0, 0.05) is 29.9 Å². The third-order valence-electron chi connectivity index (χ3n) is 4.59. The summed E-state index contributed by atoms with van der Waals surface area (Å²) in [5.41, 5.74) is 1.44. The van der Waals surface area contributed by atoms with Crippen LogP contribution in [0.4, 0.5) is 14.5 Å². The number of nitrogens with zero attached hydrogens (tertiary/aromatic N) is 1. The molecule has 0 atom stereocenters. The van der Waals surface area contributed by atoms with Gasteiger partial charge in [-0.15, -0.1) is 0 Å². The molecule has 0 aliphatic carbocycles. The van der Waals surface area contributed by atoms with Crippen molar-refractivity contribution in [2.75, 3.05) is 24.7 Å².